The second-order valence-electron chi connectivity index (χ2n) is 6.94. The van der Waals surface area contributed by atoms with Crippen molar-refractivity contribution in [1.82, 2.24) is 9.55 Å². The molecule has 1 saturated heterocycles. The summed E-state index contributed by atoms with van der Waals surface area (Å²) in [4.78, 5) is 3.80. The Kier molecular flexibility index (Phi) is 4.00. The number of imidazole rings is 1. The van der Waals surface area contributed by atoms with E-state index in [1.165, 1.54) is 18.3 Å². The van der Waals surface area contributed by atoms with Gasteiger partial charge in [-0.05, 0) is 52.0 Å². The van der Waals surface area contributed by atoms with Crippen LogP contribution in [0.25, 0.3) is 5.69 Å². The van der Waals surface area contributed by atoms with Gasteiger partial charge in [-0.25, -0.2) is 4.98 Å². The van der Waals surface area contributed by atoms with E-state index >= 15 is 0 Å². The first kappa shape index (κ1) is 17.9. The smallest absolute Gasteiger partial charge is 0.398 e. The minimum Gasteiger partial charge on any atom is -0.398 e. The first-order valence-electron chi connectivity index (χ1n) is 7.69. The molecule has 0 saturated carbocycles. The summed E-state index contributed by atoms with van der Waals surface area (Å²) >= 11 is 0. The zero-order valence-electron chi connectivity index (χ0n) is 14.2. The molecule has 1 fully saturated rings. The summed E-state index contributed by atoms with van der Waals surface area (Å²) in [6.07, 6.45) is -3.94. The lowest BCUT2D eigenvalue weighted by Gasteiger charge is -2.32. The van der Waals surface area contributed by atoms with Crippen molar-refractivity contribution >= 4 is 12.7 Å². The van der Waals surface area contributed by atoms with E-state index in [0.29, 0.717) is 0 Å². The van der Waals surface area contributed by atoms with Gasteiger partial charge >= 0.3 is 13.3 Å². The van der Waals surface area contributed by atoms with Gasteiger partial charge in [-0.2, -0.15) is 17.6 Å². The van der Waals surface area contributed by atoms with E-state index in [2.05, 4.69) is 4.98 Å². The van der Waals surface area contributed by atoms with Crippen molar-refractivity contribution in [2.24, 2.45) is 0 Å². The predicted octanol–water partition coefficient (Wildman–Crippen LogP) is 3.33. The Morgan fingerprint density at radius 1 is 1.00 bits per heavy atom. The molecule has 3 rings (SSSR count). The molecule has 0 amide bonds. The zero-order valence-corrected chi connectivity index (χ0v) is 14.2. The summed E-state index contributed by atoms with van der Waals surface area (Å²) in [7, 11) is -0.852. The van der Waals surface area contributed by atoms with E-state index in [4.69, 9.17) is 9.31 Å². The minimum absolute atomic E-state index is 0.219. The fraction of sp³-hybridized carbons (Fsp3) is 0.438. The number of hydrogen-bond donors (Lipinski definition) is 0. The van der Waals surface area contributed by atoms with Crippen LogP contribution in [-0.4, -0.2) is 27.9 Å². The summed E-state index contributed by atoms with van der Waals surface area (Å²) in [5.74, 6) is 0. The molecule has 2 heterocycles. The van der Waals surface area contributed by atoms with Crippen LogP contribution in [0.4, 0.5) is 17.6 Å². The summed E-state index contributed by atoms with van der Waals surface area (Å²) in [5, 5.41) is 0. The number of hydrogen-bond acceptors (Lipinski definition) is 3. The van der Waals surface area contributed by atoms with Crippen LogP contribution < -0.4 is 5.59 Å². The Morgan fingerprint density at radius 3 is 2.00 bits per heavy atom. The molecule has 4 nitrogen and oxygen atoms in total. The van der Waals surface area contributed by atoms with Crippen molar-refractivity contribution in [3.05, 3.63) is 42.1 Å². The fourth-order valence-electron chi connectivity index (χ4n) is 2.44. The molecule has 0 aliphatic carbocycles. The highest BCUT2D eigenvalue weighted by atomic mass is 19.4. The monoisotopic (exact) mass is 356 g/mol. The maximum absolute atomic E-state index is 14.2. The van der Waals surface area contributed by atoms with Gasteiger partial charge in [0.1, 0.15) is 0 Å². The average Bonchev–Trinajstić information content (AvgIpc) is 2.96. The van der Waals surface area contributed by atoms with Crippen molar-refractivity contribution in [3.8, 4) is 5.69 Å². The number of alkyl halides is 3. The molecule has 2 aromatic rings. The van der Waals surface area contributed by atoms with Crippen LogP contribution in [0.5, 0.6) is 0 Å². The van der Waals surface area contributed by atoms with Crippen molar-refractivity contribution in [3.63, 3.8) is 0 Å². The van der Waals surface area contributed by atoms with Gasteiger partial charge in [0.25, 0.3) is 6.08 Å². The summed E-state index contributed by atoms with van der Waals surface area (Å²) in [6, 6.07) is 4.15. The van der Waals surface area contributed by atoms with E-state index in [9.17, 15) is 17.6 Å². The number of halogens is 4. The van der Waals surface area contributed by atoms with Crippen LogP contribution in [-0.2, 0) is 15.5 Å². The minimum atomic E-state index is -4.44. The maximum atomic E-state index is 14.2. The molecule has 0 spiro atoms. The van der Waals surface area contributed by atoms with E-state index in [1.54, 1.807) is 0 Å². The van der Waals surface area contributed by atoms with Crippen molar-refractivity contribution in [2.75, 3.05) is 0 Å². The van der Waals surface area contributed by atoms with Gasteiger partial charge in [-0.1, -0.05) is 0 Å². The van der Waals surface area contributed by atoms with Gasteiger partial charge in [-0.15, -0.1) is 0 Å². The highest BCUT2D eigenvalue weighted by Crippen LogP contribution is 2.36. The zero-order chi connectivity index (χ0) is 18.6. The van der Waals surface area contributed by atoms with Crippen LogP contribution in [0.3, 0.4) is 0 Å². The van der Waals surface area contributed by atoms with Crippen molar-refractivity contribution in [1.29, 1.82) is 0 Å². The standard InChI is InChI=1S/C16H17BF4N2O2/c1-14(2)15(3,4)25-17(24-14)12-9-23(13(18)22-12)11-7-5-10(6-8-11)16(19,20)21/h5-9H,1-4H3. The van der Waals surface area contributed by atoms with Crippen LogP contribution in [0.15, 0.2) is 30.5 Å². The molecule has 0 N–H and O–H groups in total. The lowest BCUT2D eigenvalue weighted by molar-refractivity contribution is -0.137. The van der Waals surface area contributed by atoms with Crippen molar-refractivity contribution in [2.45, 2.75) is 45.1 Å². The first-order chi connectivity index (χ1) is 11.4. The topological polar surface area (TPSA) is 36.3 Å². The molecule has 0 bridgehead atoms. The Morgan fingerprint density at radius 2 is 1.52 bits per heavy atom. The Hall–Kier alpha value is -1.87. The van der Waals surface area contributed by atoms with Gasteiger partial charge in [-0.3, -0.25) is 4.57 Å². The number of aromatic nitrogens is 2. The molecule has 1 aliphatic rings. The third-order valence-electron chi connectivity index (χ3n) is 4.65. The Bertz CT molecular complexity index is 768. The molecule has 0 atom stereocenters. The van der Waals surface area contributed by atoms with Gasteiger partial charge in [0.15, 0.2) is 0 Å². The largest absolute Gasteiger partial charge is 0.516 e. The fourth-order valence-corrected chi connectivity index (χ4v) is 2.44. The van der Waals surface area contributed by atoms with E-state index in [1.807, 2.05) is 27.7 Å². The Labute approximate surface area is 142 Å². The molecular formula is C16H17BF4N2O2. The predicted molar refractivity (Wildman–Crippen MR) is 84.2 cm³/mol. The third-order valence-corrected chi connectivity index (χ3v) is 4.65. The first-order valence-corrected chi connectivity index (χ1v) is 7.69. The maximum Gasteiger partial charge on any atom is 0.516 e. The van der Waals surface area contributed by atoms with Crippen LogP contribution in [0.2, 0.25) is 0 Å². The number of benzene rings is 1. The second-order valence-corrected chi connectivity index (χ2v) is 6.94. The molecule has 1 aliphatic heterocycles. The van der Waals surface area contributed by atoms with Gasteiger partial charge in [0, 0.05) is 11.9 Å². The highest BCUT2D eigenvalue weighted by molar-refractivity contribution is 6.61. The molecule has 134 valence electrons. The second kappa shape index (κ2) is 5.57. The van der Waals surface area contributed by atoms with Gasteiger partial charge < -0.3 is 9.31 Å². The number of rotatable bonds is 2. The van der Waals surface area contributed by atoms with E-state index in [-0.39, 0.29) is 11.3 Å². The van der Waals surface area contributed by atoms with Crippen molar-refractivity contribution < 1.29 is 26.9 Å². The van der Waals surface area contributed by atoms with Gasteiger partial charge in [0.2, 0.25) is 0 Å². The molecule has 25 heavy (non-hydrogen) atoms. The van der Waals surface area contributed by atoms with E-state index < -0.39 is 36.1 Å². The normalized spacial score (nSPS) is 19.4. The molecule has 1 aromatic carbocycles. The third kappa shape index (κ3) is 3.18. The number of nitrogens with zero attached hydrogens (tertiary/aromatic N) is 2. The average molecular weight is 356 g/mol. The lowest BCUT2D eigenvalue weighted by atomic mass is 9.86. The van der Waals surface area contributed by atoms with Crippen LogP contribution in [0.1, 0.15) is 33.3 Å². The quantitative estimate of drug-likeness (QED) is 0.612. The molecule has 9 heteroatoms. The SMILES string of the molecule is CC1(C)OB(c2cn(-c3ccc(C(F)(F)F)cc3)c(F)n2)OC1(C)C. The van der Waals surface area contributed by atoms with Crippen LogP contribution >= 0.6 is 0 Å². The Balaban J connectivity index is 1.89. The lowest BCUT2D eigenvalue weighted by Crippen LogP contribution is -2.41. The van der Waals surface area contributed by atoms with Crippen LogP contribution in [0, 0.1) is 6.08 Å². The molecular weight excluding hydrogens is 339 g/mol. The summed E-state index contributed by atoms with van der Waals surface area (Å²) < 4.78 is 64.7. The van der Waals surface area contributed by atoms with E-state index in [0.717, 1.165) is 16.7 Å². The molecule has 0 radical (unpaired) electrons. The molecule has 1 aromatic heterocycles. The molecule has 0 unspecified atom stereocenters. The summed E-state index contributed by atoms with van der Waals surface area (Å²) in [5.41, 5.74) is -1.57. The summed E-state index contributed by atoms with van der Waals surface area (Å²) in [6.45, 7) is 7.43. The van der Waals surface area contributed by atoms with Gasteiger partial charge in [0.05, 0.1) is 22.4 Å². The highest BCUT2D eigenvalue weighted by Gasteiger charge is 2.52.